The minimum absolute atomic E-state index is 0.121. The Morgan fingerprint density at radius 3 is 1.67 bits per heavy atom. The first kappa shape index (κ1) is 34.8. The van der Waals surface area contributed by atoms with Gasteiger partial charge in [0, 0.05) is 62.2 Å². The van der Waals surface area contributed by atoms with E-state index in [2.05, 4.69) is 201 Å². The van der Waals surface area contributed by atoms with Crippen LogP contribution in [-0.4, -0.2) is 4.98 Å². The van der Waals surface area contributed by atoms with Gasteiger partial charge in [0.1, 0.15) is 11.2 Å². The van der Waals surface area contributed by atoms with Gasteiger partial charge in [0.2, 0.25) is 0 Å². The maximum atomic E-state index is 6.87. The van der Waals surface area contributed by atoms with Gasteiger partial charge in [-0.2, -0.15) is 0 Å². The van der Waals surface area contributed by atoms with E-state index in [0.717, 1.165) is 61.3 Å². The monoisotopic (exact) mass is 770 g/mol. The normalized spacial score (nSPS) is 14.3. The van der Waals surface area contributed by atoms with Crippen LogP contribution < -0.4 is 4.90 Å². The summed E-state index contributed by atoms with van der Waals surface area (Å²) in [4.78, 5) is 6.90. The Balaban J connectivity index is 1.04. The number of hydrogen-bond acceptors (Lipinski definition) is 3. The van der Waals surface area contributed by atoms with Crippen LogP contribution in [0.2, 0.25) is 0 Å². The van der Waals surface area contributed by atoms with Crippen LogP contribution in [0, 0.1) is 0 Å². The number of furan rings is 1. The van der Waals surface area contributed by atoms with Crippen LogP contribution in [0.15, 0.2) is 187 Å². The third kappa shape index (κ3) is 4.93. The molecule has 0 saturated heterocycles. The first-order chi connectivity index (χ1) is 29.3. The van der Waals surface area contributed by atoms with Gasteiger partial charge in [0.05, 0.1) is 0 Å². The molecule has 0 saturated carbocycles. The lowest BCUT2D eigenvalue weighted by Crippen LogP contribution is -2.18. The third-order valence-corrected chi connectivity index (χ3v) is 13.5. The molecular formula is C57H42N2O. The molecule has 2 heterocycles. The number of hydrogen-bond donors (Lipinski definition) is 0. The second-order valence-electron chi connectivity index (χ2n) is 17.6. The van der Waals surface area contributed by atoms with Crippen molar-refractivity contribution in [2.24, 2.45) is 0 Å². The molecule has 2 aliphatic rings. The van der Waals surface area contributed by atoms with E-state index in [-0.39, 0.29) is 10.8 Å². The van der Waals surface area contributed by atoms with Gasteiger partial charge in [0.25, 0.3) is 0 Å². The van der Waals surface area contributed by atoms with Crippen molar-refractivity contribution in [1.29, 1.82) is 0 Å². The van der Waals surface area contributed by atoms with Crippen LogP contribution in [0.1, 0.15) is 49.9 Å². The minimum Gasteiger partial charge on any atom is -0.455 e. The molecule has 0 spiro atoms. The molecule has 3 nitrogen and oxygen atoms in total. The summed E-state index contributed by atoms with van der Waals surface area (Å²) in [6, 6.07) is 62.4. The zero-order valence-electron chi connectivity index (χ0n) is 34.1. The van der Waals surface area contributed by atoms with Crippen LogP contribution in [-0.2, 0) is 10.8 Å². The topological polar surface area (TPSA) is 29.3 Å². The molecule has 286 valence electrons. The SMILES string of the molecule is CC1(C)c2ccccc2-c2ccc(N(c3ccc(-c4cc5ccccc5c5c4oc4cccc(-c6cccnc6)c45)cc3)c3ccc4c(c3)C(C)(C)c3ccccc3-4)cc21. The molecule has 0 bridgehead atoms. The molecule has 10 aromatic rings. The van der Waals surface area contributed by atoms with Gasteiger partial charge in [-0.25, -0.2) is 0 Å². The molecular weight excluding hydrogens is 729 g/mol. The molecule has 2 aliphatic carbocycles. The Kier molecular flexibility index (Phi) is 7.32. The molecule has 2 aromatic heterocycles. The van der Waals surface area contributed by atoms with Gasteiger partial charge >= 0.3 is 0 Å². The van der Waals surface area contributed by atoms with E-state index in [4.69, 9.17) is 4.42 Å². The number of fused-ring (bicyclic) bond motifs is 11. The van der Waals surface area contributed by atoms with Gasteiger partial charge in [-0.1, -0.05) is 143 Å². The second-order valence-corrected chi connectivity index (χ2v) is 17.6. The smallest absolute Gasteiger partial charge is 0.143 e. The van der Waals surface area contributed by atoms with E-state index in [0.29, 0.717) is 0 Å². The molecule has 0 amide bonds. The van der Waals surface area contributed by atoms with Crippen molar-refractivity contribution >= 4 is 49.8 Å². The number of pyridine rings is 1. The van der Waals surface area contributed by atoms with Crippen molar-refractivity contribution in [1.82, 2.24) is 4.98 Å². The molecule has 8 aromatic carbocycles. The molecule has 3 heteroatoms. The fraction of sp³-hybridized carbons (Fsp3) is 0.105. The molecule has 0 N–H and O–H groups in total. The number of benzene rings is 8. The summed E-state index contributed by atoms with van der Waals surface area (Å²) in [5, 5.41) is 4.60. The van der Waals surface area contributed by atoms with Gasteiger partial charge in [-0.15, -0.1) is 0 Å². The van der Waals surface area contributed by atoms with E-state index < -0.39 is 0 Å². The van der Waals surface area contributed by atoms with Crippen molar-refractivity contribution in [2.45, 2.75) is 38.5 Å². The van der Waals surface area contributed by atoms with Crippen molar-refractivity contribution in [3.05, 3.63) is 205 Å². The largest absolute Gasteiger partial charge is 0.455 e. The summed E-state index contributed by atoms with van der Waals surface area (Å²) < 4.78 is 6.87. The van der Waals surface area contributed by atoms with E-state index >= 15 is 0 Å². The van der Waals surface area contributed by atoms with Crippen molar-refractivity contribution in [3.63, 3.8) is 0 Å². The zero-order chi connectivity index (χ0) is 40.3. The predicted octanol–water partition coefficient (Wildman–Crippen LogP) is 15.6. The van der Waals surface area contributed by atoms with Crippen LogP contribution in [0.3, 0.4) is 0 Å². The molecule has 0 fully saturated rings. The Bertz CT molecular complexity index is 3260. The van der Waals surface area contributed by atoms with Crippen LogP contribution >= 0.6 is 0 Å². The fourth-order valence-corrected chi connectivity index (χ4v) is 10.5. The first-order valence-electron chi connectivity index (χ1n) is 20.9. The number of rotatable bonds is 5. The van der Waals surface area contributed by atoms with Gasteiger partial charge in [-0.05, 0) is 121 Å². The standard InChI is InChI=1S/C57H42N2O/c1-56(2)48-19-9-7-16-43(48)45-28-26-39(32-50(45)56)59(40-27-29-46-44-17-8-10-20-49(44)57(3,4)51(46)33-40)38-24-22-35(23-25-38)47-31-36-13-5-6-15-41(36)54-53-42(37-14-12-30-58-34-37)18-11-21-52(53)60-55(47)54/h5-34H,1-4H3. The maximum Gasteiger partial charge on any atom is 0.143 e. The molecule has 60 heavy (non-hydrogen) atoms. The molecule has 0 atom stereocenters. The molecule has 12 rings (SSSR count). The highest BCUT2D eigenvalue weighted by atomic mass is 16.3. The summed E-state index contributed by atoms with van der Waals surface area (Å²) in [7, 11) is 0. The van der Waals surface area contributed by atoms with Crippen molar-refractivity contribution in [2.75, 3.05) is 4.90 Å². The summed E-state index contributed by atoms with van der Waals surface area (Å²) in [6.45, 7) is 9.44. The molecule has 0 unspecified atom stereocenters. The number of anilines is 3. The molecule has 0 radical (unpaired) electrons. The summed E-state index contributed by atoms with van der Waals surface area (Å²) in [5.41, 5.74) is 20.0. The highest BCUT2D eigenvalue weighted by Gasteiger charge is 2.37. The van der Waals surface area contributed by atoms with Crippen LogP contribution in [0.4, 0.5) is 17.1 Å². The van der Waals surface area contributed by atoms with Gasteiger partial charge in [-0.3, -0.25) is 4.98 Å². The minimum atomic E-state index is -0.121. The quantitative estimate of drug-likeness (QED) is 0.175. The maximum absolute atomic E-state index is 6.87. The first-order valence-corrected chi connectivity index (χ1v) is 20.9. The van der Waals surface area contributed by atoms with Crippen LogP contribution in [0.25, 0.3) is 77.2 Å². The lowest BCUT2D eigenvalue weighted by Gasteiger charge is -2.30. The lowest BCUT2D eigenvalue weighted by atomic mass is 9.82. The Hall–Kier alpha value is -7.23. The predicted molar refractivity (Wildman–Crippen MR) is 250 cm³/mol. The van der Waals surface area contributed by atoms with E-state index in [1.807, 2.05) is 18.5 Å². The van der Waals surface area contributed by atoms with Crippen molar-refractivity contribution in [3.8, 4) is 44.5 Å². The highest BCUT2D eigenvalue weighted by Crippen LogP contribution is 2.53. The van der Waals surface area contributed by atoms with Gasteiger partial charge in [0.15, 0.2) is 0 Å². The lowest BCUT2D eigenvalue weighted by molar-refractivity contribution is 0.660. The Labute approximate surface area is 350 Å². The zero-order valence-corrected chi connectivity index (χ0v) is 34.1. The van der Waals surface area contributed by atoms with Crippen LogP contribution in [0.5, 0.6) is 0 Å². The van der Waals surface area contributed by atoms with Gasteiger partial charge < -0.3 is 9.32 Å². The molecule has 0 aliphatic heterocycles. The average Bonchev–Trinajstić information content (AvgIpc) is 3.87. The average molecular weight is 771 g/mol. The Morgan fingerprint density at radius 1 is 0.433 bits per heavy atom. The summed E-state index contributed by atoms with van der Waals surface area (Å²) >= 11 is 0. The van der Waals surface area contributed by atoms with Crippen molar-refractivity contribution < 1.29 is 4.42 Å². The van der Waals surface area contributed by atoms with E-state index in [1.54, 1.807) is 0 Å². The second kappa shape index (κ2) is 12.6. The fourth-order valence-electron chi connectivity index (χ4n) is 10.5. The highest BCUT2D eigenvalue weighted by molar-refractivity contribution is 6.25. The Morgan fingerprint density at radius 2 is 1.02 bits per heavy atom. The summed E-state index contributed by atoms with van der Waals surface area (Å²) in [6.07, 6.45) is 3.76. The third-order valence-electron chi connectivity index (χ3n) is 13.5. The number of aromatic nitrogens is 1. The van der Waals surface area contributed by atoms with E-state index in [9.17, 15) is 0 Å². The number of nitrogens with zero attached hydrogens (tertiary/aromatic N) is 2. The van der Waals surface area contributed by atoms with E-state index in [1.165, 1.54) is 55.3 Å². The summed E-state index contributed by atoms with van der Waals surface area (Å²) in [5.74, 6) is 0.